The van der Waals surface area contributed by atoms with Gasteiger partial charge < -0.3 is 10.1 Å². The maximum Gasteiger partial charge on any atom is 0.337 e. The summed E-state index contributed by atoms with van der Waals surface area (Å²) in [4.78, 5) is 15.4. The molecule has 0 radical (unpaired) electrons. The summed E-state index contributed by atoms with van der Waals surface area (Å²) < 4.78 is 6.65. The smallest absolute Gasteiger partial charge is 0.337 e. The number of fused-ring (bicyclic) bond motifs is 1. The maximum atomic E-state index is 11.4. The van der Waals surface area contributed by atoms with Gasteiger partial charge >= 0.3 is 5.97 Å². The number of nitrogens with one attached hydrogen (secondary N) is 1. The van der Waals surface area contributed by atoms with Crippen molar-refractivity contribution >= 4 is 18.1 Å². The first-order chi connectivity index (χ1) is 6.81. The zero-order chi connectivity index (χ0) is 9.97. The molecule has 0 fully saturated rings. The van der Waals surface area contributed by atoms with E-state index in [1.165, 1.54) is 0 Å². The number of carbonyl (C=O) groups excluding carboxylic acids is 1. The second kappa shape index (κ2) is 3.53. The van der Waals surface area contributed by atoms with Gasteiger partial charge in [0.25, 0.3) is 0 Å². The Labute approximate surface area is 81.4 Å². The van der Waals surface area contributed by atoms with Crippen molar-refractivity contribution in [3.05, 3.63) is 18.0 Å². The SMILES string of the molecule is CCOC(=O)C1=Cn2ccnc2NC1. The Morgan fingerprint density at radius 2 is 2.64 bits per heavy atom. The minimum atomic E-state index is -0.278. The number of imidazole rings is 1. The van der Waals surface area contributed by atoms with Gasteiger partial charge in [0.05, 0.1) is 18.7 Å². The summed E-state index contributed by atoms with van der Waals surface area (Å²) in [5.74, 6) is 0.470. The molecule has 0 amide bonds. The molecular weight excluding hydrogens is 182 g/mol. The fraction of sp³-hybridized carbons (Fsp3) is 0.333. The number of aromatic nitrogens is 2. The molecule has 0 aromatic carbocycles. The summed E-state index contributed by atoms with van der Waals surface area (Å²) in [6.07, 6.45) is 5.18. The first kappa shape index (κ1) is 8.80. The predicted molar refractivity (Wildman–Crippen MR) is 51.6 cm³/mol. The maximum absolute atomic E-state index is 11.4. The summed E-state index contributed by atoms with van der Waals surface area (Å²) in [5.41, 5.74) is 0.609. The molecule has 0 spiro atoms. The van der Waals surface area contributed by atoms with Crippen molar-refractivity contribution in [3.63, 3.8) is 0 Å². The fourth-order valence-corrected chi connectivity index (χ4v) is 1.29. The minimum absolute atomic E-state index is 0.278. The van der Waals surface area contributed by atoms with E-state index in [1.807, 2.05) is 0 Å². The van der Waals surface area contributed by atoms with Crippen LogP contribution in [0.15, 0.2) is 18.0 Å². The molecule has 5 heteroatoms. The van der Waals surface area contributed by atoms with E-state index in [1.54, 1.807) is 30.1 Å². The van der Waals surface area contributed by atoms with Crippen molar-refractivity contribution in [2.45, 2.75) is 6.92 Å². The van der Waals surface area contributed by atoms with Crippen LogP contribution in [0.3, 0.4) is 0 Å². The van der Waals surface area contributed by atoms with E-state index >= 15 is 0 Å². The monoisotopic (exact) mass is 193 g/mol. The van der Waals surface area contributed by atoms with E-state index in [0.717, 1.165) is 5.95 Å². The average molecular weight is 193 g/mol. The summed E-state index contributed by atoms with van der Waals surface area (Å²) >= 11 is 0. The van der Waals surface area contributed by atoms with E-state index in [-0.39, 0.29) is 5.97 Å². The number of hydrogen-bond acceptors (Lipinski definition) is 4. The largest absolute Gasteiger partial charge is 0.463 e. The fourth-order valence-electron chi connectivity index (χ4n) is 1.29. The average Bonchev–Trinajstić information content (AvgIpc) is 2.64. The third-order valence-corrected chi connectivity index (χ3v) is 1.94. The lowest BCUT2D eigenvalue weighted by Crippen LogP contribution is -2.21. The van der Waals surface area contributed by atoms with Crippen LogP contribution in [-0.4, -0.2) is 28.7 Å². The second-order valence-electron chi connectivity index (χ2n) is 2.89. The van der Waals surface area contributed by atoms with E-state index in [9.17, 15) is 4.79 Å². The van der Waals surface area contributed by atoms with E-state index < -0.39 is 0 Å². The molecule has 0 saturated carbocycles. The first-order valence-corrected chi connectivity index (χ1v) is 4.45. The zero-order valence-electron chi connectivity index (χ0n) is 7.86. The van der Waals surface area contributed by atoms with Crippen molar-refractivity contribution in [1.29, 1.82) is 0 Å². The molecule has 74 valence electrons. The highest BCUT2D eigenvalue weighted by Crippen LogP contribution is 2.14. The summed E-state index contributed by atoms with van der Waals surface area (Å²) in [5, 5.41) is 3.01. The molecule has 0 atom stereocenters. The Balaban J connectivity index is 2.20. The molecule has 1 N–H and O–H groups in total. The highest BCUT2D eigenvalue weighted by atomic mass is 16.5. The van der Waals surface area contributed by atoms with Gasteiger partial charge in [-0.2, -0.15) is 0 Å². The Kier molecular flexibility index (Phi) is 2.22. The summed E-state index contributed by atoms with van der Waals surface area (Å²) in [7, 11) is 0. The lowest BCUT2D eigenvalue weighted by atomic mass is 10.2. The Morgan fingerprint density at radius 1 is 1.79 bits per heavy atom. The van der Waals surface area contributed by atoms with Crippen LogP contribution in [0.4, 0.5) is 5.95 Å². The van der Waals surface area contributed by atoms with Gasteiger partial charge in [0.1, 0.15) is 0 Å². The van der Waals surface area contributed by atoms with Gasteiger partial charge in [-0.15, -0.1) is 0 Å². The van der Waals surface area contributed by atoms with Crippen molar-refractivity contribution in [2.24, 2.45) is 0 Å². The molecule has 1 aromatic heterocycles. The Hall–Kier alpha value is -1.78. The van der Waals surface area contributed by atoms with E-state index in [4.69, 9.17) is 4.74 Å². The van der Waals surface area contributed by atoms with Gasteiger partial charge in [-0.3, -0.25) is 4.57 Å². The summed E-state index contributed by atoms with van der Waals surface area (Å²) in [6.45, 7) is 2.65. The molecular formula is C9H11N3O2. The molecule has 1 aliphatic heterocycles. The van der Waals surface area contributed by atoms with Crippen LogP contribution in [0.25, 0.3) is 6.20 Å². The summed E-state index contributed by atoms with van der Waals surface area (Å²) in [6, 6.07) is 0. The lowest BCUT2D eigenvalue weighted by molar-refractivity contribution is -0.138. The third-order valence-electron chi connectivity index (χ3n) is 1.94. The van der Waals surface area contributed by atoms with Gasteiger partial charge in [0, 0.05) is 18.6 Å². The van der Waals surface area contributed by atoms with Crippen molar-refractivity contribution in [2.75, 3.05) is 18.5 Å². The Bertz CT molecular complexity index is 381. The third kappa shape index (κ3) is 1.48. The van der Waals surface area contributed by atoms with Gasteiger partial charge in [0.15, 0.2) is 0 Å². The van der Waals surface area contributed by atoms with Crippen molar-refractivity contribution in [3.8, 4) is 0 Å². The van der Waals surface area contributed by atoms with Crippen LogP contribution in [0.5, 0.6) is 0 Å². The van der Waals surface area contributed by atoms with Gasteiger partial charge in [-0.1, -0.05) is 0 Å². The van der Waals surface area contributed by atoms with Crippen LogP contribution in [0.2, 0.25) is 0 Å². The molecule has 14 heavy (non-hydrogen) atoms. The molecule has 2 heterocycles. The van der Waals surface area contributed by atoms with Crippen LogP contribution in [-0.2, 0) is 9.53 Å². The number of ether oxygens (including phenoxy) is 1. The molecule has 0 unspecified atom stereocenters. The molecule has 1 aliphatic rings. The second-order valence-corrected chi connectivity index (χ2v) is 2.89. The van der Waals surface area contributed by atoms with Crippen molar-refractivity contribution < 1.29 is 9.53 Å². The highest BCUT2D eigenvalue weighted by Gasteiger charge is 2.16. The molecule has 0 saturated heterocycles. The standard InChI is InChI=1S/C9H11N3O2/c1-2-14-8(13)7-5-11-9-10-3-4-12(9)6-7/h3-4,6H,2,5H2,1H3,(H,10,11). The number of esters is 1. The molecule has 0 aliphatic carbocycles. The van der Waals surface area contributed by atoms with Gasteiger partial charge in [-0.05, 0) is 6.92 Å². The normalized spacial score (nSPS) is 13.9. The number of carbonyl (C=O) groups is 1. The first-order valence-electron chi connectivity index (χ1n) is 4.45. The molecule has 2 rings (SSSR count). The lowest BCUT2D eigenvalue weighted by Gasteiger charge is -2.15. The predicted octanol–water partition coefficient (Wildman–Crippen LogP) is 0.713. The topological polar surface area (TPSA) is 56.2 Å². The number of nitrogens with zero attached hydrogens (tertiary/aromatic N) is 2. The van der Waals surface area contributed by atoms with E-state index in [2.05, 4.69) is 10.3 Å². The Morgan fingerprint density at radius 3 is 3.43 bits per heavy atom. The highest BCUT2D eigenvalue weighted by molar-refractivity contribution is 5.93. The minimum Gasteiger partial charge on any atom is -0.463 e. The molecule has 5 nitrogen and oxygen atoms in total. The molecule has 1 aromatic rings. The zero-order valence-corrected chi connectivity index (χ0v) is 7.86. The van der Waals surface area contributed by atoms with Gasteiger partial charge in [0.2, 0.25) is 5.95 Å². The quantitative estimate of drug-likeness (QED) is 0.703. The number of anilines is 1. The van der Waals surface area contributed by atoms with Gasteiger partial charge in [-0.25, -0.2) is 9.78 Å². The number of rotatable bonds is 2. The van der Waals surface area contributed by atoms with E-state index in [0.29, 0.717) is 18.7 Å². The van der Waals surface area contributed by atoms with Crippen LogP contribution in [0.1, 0.15) is 6.92 Å². The van der Waals surface area contributed by atoms with Crippen LogP contribution < -0.4 is 5.32 Å². The van der Waals surface area contributed by atoms with Crippen LogP contribution in [0, 0.1) is 0 Å². The number of hydrogen-bond donors (Lipinski definition) is 1. The van der Waals surface area contributed by atoms with Crippen molar-refractivity contribution in [1.82, 2.24) is 9.55 Å². The van der Waals surface area contributed by atoms with Crippen LogP contribution >= 0.6 is 0 Å². The molecule has 0 bridgehead atoms.